The summed E-state index contributed by atoms with van der Waals surface area (Å²) in [6, 6.07) is 17.7. The molecule has 3 aromatic rings. The lowest BCUT2D eigenvalue weighted by Gasteiger charge is -2.16. The number of amides is 1. The van der Waals surface area contributed by atoms with Crippen molar-refractivity contribution >= 4 is 35.0 Å². The Morgan fingerprint density at radius 2 is 1.68 bits per heavy atom. The molecule has 1 aliphatic heterocycles. The second-order valence-corrected chi connectivity index (χ2v) is 8.36. The monoisotopic (exact) mass is 518 g/mol. The van der Waals surface area contributed by atoms with Crippen molar-refractivity contribution < 1.29 is 38.3 Å². The van der Waals surface area contributed by atoms with Crippen LogP contribution in [0.15, 0.2) is 72.8 Å². The first-order chi connectivity index (χ1) is 18.2. The molecule has 0 aromatic heterocycles. The Morgan fingerprint density at radius 3 is 2.34 bits per heavy atom. The molecular formula is C27H22N2O9. The number of ketones is 1. The highest BCUT2D eigenvalue weighted by molar-refractivity contribution is 6.01. The SMILES string of the molecule is COc1cccc(C(=O)Oc2ccc(C(=O)COC(=O)[C@H]3CC(=O)N(c4ccc([N+](=O)[O-])cc4)C3)cc2)c1. The van der Waals surface area contributed by atoms with E-state index in [2.05, 4.69) is 0 Å². The zero-order valence-corrected chi connectivity index (χ0v) is 20.2. The number of carbonyl (C=O) groups is 4. The van der Waals surface area contributed by atoms with Crippen molar-refractivity contribution in [2.75, 3.05) is 25.2 Å². The Morgan fingerprint density at radius 1 is 0.974 bits per heavy atom. The Balaban J connectivity index is 1.29. The fourth-order valence-electron chi connectivity index (χ4n) is 3.83. The van der Waals surface area contributed by atoms with Crippen LogP contribution in [0.3, 0.4) is 0 Å². The van der Waals surface area contributed by atoms with Gasteiger partial charge in [-0.3, -0.25) is 24.5 Å². The second-order valence-electron chi connectivity index (χ2n) is 8.36. The van der Waals surface area contributed by atoms with Crippen molar-refractivity contribution in [2.45, 2.75) is 6.42 Å². The summed E-state index contributed by atoms with van der Waals surface area (Å²) in [6.45, 7) is -0.485. The van der Waals surface area contributed by atoms with Gasteiger partial charge in [-0.1, -0.05) is 6.07 Å². The first-order valence-corrected chi connectivity index (χ1v) is 11.5. The maximum atomic E-state index is 12.5. The molecule has 0 bridgehead atoms. The Kier molecular flexibility index (Phi) is 7.76. The fraction of sp³-hybridized carbons (Fsp3) is 0.185. The van der Waals surface area contributed by atoms with Crippen molar-refractivity contribution in [3.63, 3.8) is 0 Å². The quantitative estimate of drug-likeness (QED) is 0.136. The Hall–Kier alpha value is -5.06. The maximum Gasteiger partial charge on any atom is 0.343 e. The summed E-state index contributed by atoms with van der Waals surface area (Å²) in [4.78, 5) is 61.3. The van der Waals surface area contributed by atoms with Crippen molar-refractivity contribution in [1.82, 2.24) is 0 Å². The van der Waals surface area contributed by atoms with Crippen LogP contribution in [-0.2, 0) is 14.3 Å². The van der Waals surface area contributed by atoms with Crippen LogP contribution in [0, 0.1) is 16.0 Å². The van der Waals surface area contributed by atoms with Gasteiger partial charge in [0, 0.05) is 36.3 Å². The molecule has 0 N–H and O–H groups in total. The predicted octanol–water partition coefficient (Wildman–Crippen LogP) is 3.60. The highest BCUT2D eigenvalue weighted by Gasteiger charge is 2.36. The molecule has 1 amide bonds. The lowest BCUT2D eigenvalue weighted by atomic mass is 10.1. The second kappa shape index (κ2) is 11.3. The predicted molar refractivity (Wildman–Crippen MR) is 133 cm³/mol. The molecule has 1 aliphatic rings. The minimum Gasteiger partial charge on any atom is -0.497 e. The van der Waals surface area contributed by atoms with E-state index in [1.54, 1.807) is 18.2 Å². The molecule has 0 aliphatic carbocycles. The van der Waals surface area contributed by atoms with Gasteiger partial charge in [-0.05, 0) is 54.6 Å². The first kappa shape index (κ1) is 26.0. The van der Waals surface area contributed by atoms with E-state index in [1.807, 2.05) is 0 Å². The molecule has 194 valence electrons. The molecule has 0 unspecified atom stereocenters. The van der Waals surface area contributed by atoms with Gasteiger partial charge in [0.05, 0.1) is 23.5 Å². The number of Topliss-reactive ketones (excluding diaryl/α,β-unsaturated/α-hetero) is 1. The number of nitrogens with zero attached hydrogens (tertiary/aromatic N) is 2. The fourth-order valence-corrected chi connectivity index (χ4v) is 3.83. The Bertz CT molecular complexity index is 1380. The van der Waals surface area contributed by atoms with E-state index < -0.39 is 35.2 Å². The number of hydrogen-bond donors (Lipinski definition) is 0. The number of nitro groups is 1. The van der Waals surface area contributed by atoms with E-state index in [0.29, 0.717) is 17.0 Å². The van der Waals surface area contributed by atoms with Gasteiger partial charge >= 0.3 is 11.9 Å². The number of hydrogen-bond acceptors (Lipinski definition) is 9. The van der Waals surface area contributed by atoms with Crippen molar-refractivity contribution in [3.8, 4) is 11.5 Å². The molecule has 0 spiro atoms. The van der Waals surface area contributed by atoms with Crippen LogP contribution in [-0.4, -0.2) is 48.8 Å². The molecule has 1 fully saturated rings. The number of rotatable bonds is 9. The molecule has 4 rings (SSSR count). The summed E-state index contributed by atoms with van der Waals surface area (Å²) >= 11 is 0. The van der Waals surface area contributed by atoms with Gasteiger partial charge in [0.25, 0.3) is 5.69 Å². The highest BCUT2D eigenvalue weighted by Crippen LogP contribution is 2.27. The van der Waals surface area contributed by atoms with E-state index in [4.69, 9.17) is 14.2 Å². The van der Waals surface area contributed by atoms with E-state index in [0.717, 1.165) is 0 Å². The number of benzene rings is 3. The van der Waals surface area contributed by atoms with Gasteiger partial charge < -0.3 is 19.1 Å². The number of non-ortho nitro benzene ring substituents is 1. The molecular weight excluding hydrogens is 496 g/mol. The third kappa shape index (κ3) is 6.01. The molecule has 0 radical (unpaired) electrons. The largest absolute Gasteiger partial charge is 0.497 e. The molecule has 3 aromatic carbocycles. The number of methoxy groups -OCH3 is 1. The topological polar surface area (TPSA) is 142 Å². The van der Waals surface area contributed by atoms with Gasteiger partial charge in [-0.15, -0.1) is 0 Å². The zero-order valence-electron chi connectivity index (χ0n) is 20.2. The smallest absolute Gasteiger partial charge is 0.343 e. The third-order valence-corrected chi connectivity index (χ3v) is 5.87. The molecule has 1 atom stereocenters. The number of anilines is 1. The maximum absolute atomic E-state index is 12.5. The lowest BCUT2D eigenvalue weighted by Crippen LogP contribution is -2.27. The van der Waals surface area contributed by atoms with Gasteiger partial charge in [0.1, 0.15) is 11.5 Å². The van der Waals surface area contributed by atoms with Crippen LogP contribution in [0.5, 0.6) is 11.5 Å². The van der Waals surface area contributed by atoms with E-state index in [9.17, 15) is 29.3 Å². The van der Waals surface area contributed by atoms with E-state index in [1.165, 1.54) is 66.6 Å². The molecule has 11 heteroatoms. The standard InChI is InChI=1S/C27H22N2O9/c1-36-23-4-2-3-18(13-23)27(33)38-22-11-5-17(6-12-22)24(30)16-37-26(32)19-14-25(31)28(15-19)20-7-9-21(10-8-20)29(34)35/h2-13,19H,14-16H2,1H3/t19-/m0/s1. The van der Waals surface area contributed by atoms with Crippen LogP contribution >= 0.6 is 0 Å². The summed E-state index contributed by atoms with van der Waals surface area (Å²) in [7, 11) is 1.49. The van der Waals surface area contributed by atoms with Crippen LogP contribution in [0.2, 0.25) is 0 Å². The molecule has 11 nitrogen and oxygen atoms in total. The van der Waals surface area contributed by atoms with Gasteiger partial charge in [-0.25, -0.2) is 4.79 Å². The van der Waals surface area contributed by atoms with Gasteiger partial charge in [0.2, 0.25) is 5.91 Å². The first-order valence-electron chi connectivity index (χ1n) is 11.5. The number of nitro benzene ring substituents is 1. The lowest BCUT2D eigenvalue weighted by molar-refractivity contribution is -0.384. The van der Waals surface area contributed by atoms with E-state index in [-0.39, 0.29) is 35.9 Å². The molecule has 38 heavy (non-hydrogen) atoms. The summed E-state index contributed by atoms with van der Waals surface area (Å²) in [6.07, 6.45) is -0.0998. The number of carbonyl (C=O) groups excluding carboxylic acids is 4. The van der Waals surface area contributed by atoms with Crippen LogP contribution in [0.1, 0.15) is 27.1 Å². The third-order valence-electron chi connectivity index (χ3n) is 5.87. The van der Waals surface area contributed by atoms with Gasteiger partial charge in [0.15, 0.2) is 12.4 Å². The summed E-state index contributed by atoms with van der Waals surface area (Å²) < 4.78 is 15.6. The molecule has 1 heterocycles. The van der Waals surface area contributed by atoms with Crippen LogP contribution in [0.25, 0.3) is 0 Å². The summed E-state index contributed by atoms with van der Waals surface area (Å²) in [5.74, 6) is -2.13. The number of esters is 2. The summed E-state index contributed by atoms with van der Waals surface area (Å²) in [5.41, 5.74) is 0.861. The van der Waals surface area contributed by atoms with Gasteiger partial charge in [-0.2, -0.15) is 0 Å². The van der Waals surface area contributed by atoms with Crippen molar-refractivity contribution in [1.29, 1.82) is 0 Å². The molecule has 1 saturated heterocycles. The Labute approximate surface area is 216 Å². The van der Waals surface area contributed by atoms with Crippen LogP contribution in [0.4, 0.5) is 11.4 Å². The highest BCUT2D eigenvalue weighted by atomic mass is 16.6. The summed E-state index contributed by atoms with van der Waals surface area (Å²) in [5, 5.41) is 10.8. The van der Waals surface area contributed by atoms with Crippen molar-refractivity contribution in [2.24, 2.45) is 5.92 Å². The zero-order chi connectivity index (χ0) is 27.2. The molecule has 0 saturated carbocycles. The normalized spacial score (nSPS) is 14.6. The number of ether oxygens (including phenoxy) is 3. The average Bonchev–Trinajstić information content (AvgIpc) is 3.33. The van der Waals surface area contributed by atoms with Crippen molar-refractivity contribution in [3.05, 3.63) is 94.0 Å². The average molecular weight is 518 g/mol. The minimum atomic E-state index is -0.774. The van der Waals surface area contributed by atoms with E-state index >= 15 is 0 Å². The van der Waals surface area contributed by atoms with Crippen LogP contribution < -0.4 is 14.4 Å². The minimum absolute atomic E-state index is 0.0387.